The fraction of sp³-hybridized carbons (Fsp3) is 0.625. The molecule has 0 saturated heterocycles. The number of carbonyl (C=O) groups excluding carboxylic acids is 1. The molecule has 2 aromatic carbocycles. The first-order valence-electron chi connectivity index (χ1n) is 18.0. The molecule has 260 valence electrons. The van der Waals surface area contributed by atoms with Gasteiger partial charge in [0.25, 0.3) is 0 Å². The molecule has 4 nitrogen and oxygen atoms in total. The molecule has 2 aliphatic rings. The molecule has 0 bridgehead atoms. The number of hydrogen-bond acceptors (Lipinski definition) is 4. The number of benzene rings is 2. The van der Waals surface area contributed by atoms with Gasteiger partial charge in [-0.1, -0.05) is 134 Å². The van der Waals surface area contributed by atoms with Gasteiger partial charge in [-0.25, -0.2) is 0 Å². The third-order valence-electron chi connectivity index (χ3n) is 8.37. The lowest BCUT2D eigenvalue weighted by molar-refractivity contribution is -0.122. The SMILES string of the molecule is C=C(NC(C)C(=O)NCC(C)CCCC)[C@H](Cc1ccccc1)CS(=O)c1ccc(C)cc1.CC.CC1CC1.SC1CCCCC1. The lowest BCUT2D eigenvalue weighted by Crippen LogP contribution is -2.44. The van der Waals surface area contributed by atoms with Crippen LogP contribution < -0.4 is 10.6 Å². The minimum absolute atomic E-state index is 0.0300. The molecule has 0 radical (unpaired) electrons. The lowest BCUT2D eigenvalue weighted by atomic mass is 9.98. The molecule has 0 aliphatic heterocycles. The van der Waals surface area contributed by atoms with E-state index >= 15 is 0 Å². The Morgan fingerprint density at radius 3 is 2.07 bits per heavy atom. The van der Waals surface area contributed by atoms with Crippen LogP contribution in [0.5, 0.6) is 0 Å². The summed E-state index contributed by atoms with van der Waals surface area (Å²) in [5.74, 6) is 1.91. The van der Waals surface area contributed by atoms with Gasteiger partial charge in [-0.3, -0.25) is 9.00 Å². The average Bonchev–Trinajstić information content (AvgIpc) is 3.86. The molecule has 0 spiro atoms. The highest BCUT2D eigenvalue weighted by Gasteiger charge is 2.22. The van der Waals surface area contributed by atoms with Crippen molar-refractivity contribution in [2.75, 3.05) is 12.3 Å². The number of amides is 1. The van der Waals surface area contributed by atoms with Gasteiger partial charge in [0.1, 0.15) is 6.04 Å². The Morgan fingerprint density at radius 2 is 1.57 bits per heavy atom. The summed E-state index contributed by atoms with van der Waals surface area (Å²) in [6.07, 6.45) is 14.1. The van der Waals surface area contributed by atoms with Crippen LogP contribution in [0.1, 0.15) is 117 Å². The van der Waals surface area contributed by atoms with Crippen molar-refractivity contribution in [2.45, 2.75) is 135 Å². The molecule has 0 heterocycles. The second-order valence-electron chi connectivity index (χ2n) is 13.1. The van der Waals surface area contributed by atoms with Crippen molar-refractivity contribution in [1.29, 1.82) is 0 Å². The summed E-state index contributed by atoms with van der Waals surface area (Å²) < 4.78 is 13.1. The monoisotopic (exact) mass is 670 g/mol. The normalized spacial score (nSPS) is 16.8. The maximum absolute atomic E-state index is 13.1. The van der Waals surface area contributed by atoms with Gasteiger partial charge in [-0.2, -0.15) is 12.6 Å². The summed E-state index contributed by atoms with van der Waals surface area (Å²) in [4.78, 5) is 13.5. The van der Waals surface area contributed by atoms with Crippen LogP contribution in [0.3, 0.4) is 0 Å². The zero-order valence-electron chi connectivity index (χ0n) is 30.2. The Morgan fingerprint density at radius 1 is 0.978 bits per heavy atom. The molecule has 2 fully saturated rings. The van der Waals surface area contributed by atoms with E-state index in [9.17, 15) is 9.00 Å². The quantitative estimate of drug-likeness (QED) is 0.175. The van der Waals surface area contributed by atoms with Gasteiger partial charge in [0.15, 0.2) is 0 Å². The molecular formula is C40H66N2O2S2. The van der Waals surface area contributed by atoms with E-state index in [1.165, 1.54) is 57.8 Å². The van der Waals surface area contributed by atoms with E-state index in [-0.39, 0.29) is 11.8 Å². The fourth-order valence-electron chi connectivity index (χ4n) is 4.94. The van der Waals surface area contributed by atoms with E-state index < -0.39 is 16.8 Å². The average molecular weight is 671 g/mol. The number of hydrogen-bond donors (Lipinski definition) is 3. The van der Waals surface area contributed by atoms with Gasteiger partial charge in [-0.15, -0.1) is 0 Å². The first-order chi connectivity index (χ1) is 22.1. The van der Waals surface area contributed by atoms with E-state index in [1.54, 1.807) is 0 Å². The largest absolute Gasteiger partial charge is 0.377 e. The van der Waals surface area contributed by atoms with Crippen molar-refractivity contribution >= 4 is 29.3 Å². The summed E-state index contributed by atoms with van der Waals surface area (Å²) in [6, 6.07) is 17.6. The first-order valence-corrected chi connectivity index (χ1v) is 19.8. The second kappa shape index (κ2) is 25.0. The Kier molecular flexibility index (Phi) is 22.8. The Balaban J connectivity index is 0.000000670. The van der Waals surface area contributed by atoms with Gasteiger partial charge in [0, 0.05) is 34.1 Å². The minimum Gasteiger partial charge on any atom is -0.377 e. The van der Waals surface area contributed by atoms with Crippen molar-refractivity contribution in [3.05, 3.63) is 78.0 Å². The molecule has 46 heavy (non-hydrogen) atoms. The summed E-state index contributed by atoms with van der Waals surface area (Å²) in [7, 11) is -1.16. The van der Waals surface area contributed by atoms with E-state index in [2.05, 4.69) is 62.7 Å². The highest BCUT2D eigenvalue weighted by atomic mass is 32.2. The molecule has 2 N–H and O–H groups in total. The fourth-order valence-corrected chi connectivity index (χ4v) is 6.62. The van der Waals surface area contributed by atoms with Crippen LogP contribution in [0.25, 0.3) is 0 Å². The molecule has 3 unspecified atom stereocenters. The Bertz CT molecular complexity index is 1100. The molecule has 2 saturated carbocycles. The van der Waals surface area contributed by atoms with Crippen LogP contribution in [-0.2, 0) is 22.0 Å². The molecule has 2 aromatic rings. The first kappa shape index (κ1) is 42.0. The van der Waals surface area contributed by atoms with Crippen molar-refractivity contribution in [2.24, 2.45) is 17.8 Å². The van der Waals surface area contributed by atoms with Crippen LogP contribution in [0, 0.1) is 24.7 Å². The van der Waals surface area contributed by atoms with Gasteiger partial charge < -0.3 is 10.6 Å². The minimum atomic E-state index is -1.16. The predicted octanol–water partition coefficient (Wildman–Crippen LogP) is 10.1. The maximum Gasteiger partial charge on any atom is 0.242 e. The lowest BCUT2D eigenvalue weighted by Gasteiger charge is -2.24. The van der Waals surface area contributed by atoms with Crippen LogP contribution in [0.2, 0.25) is 0 Å². The van der Waals surface area contributed by atoms with Gasteiger partial charge in [0.2, 0.25) is 5.91 Å². The number of thiol groups is 1. The van der Waals surface area contributed by atoms with Gasteiger partial charge >= 0.3 is 0 Å². The summed E-state index contributed by atoms with van der Waals surface area (Å²) >= 11 is 4.36. The molecule has 4 atom stereocenters. The predicted molar refractivity (Wildman–Crippen MR) is 205 cm³/mol. The van der Waals surface area contributed by atoms with Crippen molar-refractivity contribution < 1.29 is 9.00 Å². The molecule has 1 amide bonds. The number of nitrogens with one attached hydrogen (secondary N) is 2. The third kappa shape index (κ3) is 19.6. The van der Waals surface area contributed by atoms with E-state index in [4.69, 9.17) is 0 Å². The number of rotatable bonds is 14. The Labute approximate surface area is 291 Å². The number of unbranched alkanes of at least 4 members (excludes halogenated alkanes) is 1. The second-order valence-corrected chi connectivity index (χ2v) is 15.3. The number of aryl methyl sites for hydroxylation is 1. The zero-order chi connectivity index (χ0) is 34.3. The maximum atomic E-state index is 13.1. The highest BCUT2D eigenvalue weighted by molar-refractivity contribution is 7.85. The molecule has 4 rings (SSSR count). The van der Waals surface area contributed by atoms with Crippen LogP contribution >= 0.6 is 12.6 Å². The van der Waals surface area contributed by atoms with Crippen molar-refractivity contribution in [3.63, 3.8) is 0 Å². The highest BCUT2D eigenvalue weighted by Crippen LogP contribution is 2.26. The third-order valence-corrected chi connectivity index (χ3v) is 10.4. The summed E-state index contributed by atoms with van der Waals surface area (Å²) in [5, 5.41) is 7.08. The van der Waals surface area contributed by atoms with Gasteiger partial charge in [-0.05, 0) is 69.1 Å². The zero-order valence-corrected chi connectivity index (χ0v) is 31.9. The Hall–Kier alpha value is -2.05. The van der Waals surface area contributed by atoms with Crippen LogP contribution in [-0.4, -0.2) is 33.7 Å². The standard InChI is InChI=1S/C28H40N2O2S.C6H12S.C4H8.C2H6/c1-6-7-11-22(3)19-29-28(31)24(5)30-23(4)26(18-25-12-9-8-10-13-25)20-33(32)27-16-14-21(2)15-17-27;7-6-4-2-1-3-5-6;1-4-2-3-4;1-2/h8-10,12-17,22,24,26,30H,4,6-7,11,18-20H2,1-3,5H3,(H,29,31);6-7H,1-5H2;4H,2-3H2,1H3;1-2H3/t22?,24?,26-,33?;;;/m1.../s1. The smallest absolute Gasteiger partial charge is 0.242 e. The topological polar surface area (TPSA) is 58.2 Å². The van der Waals surface area contributed by atoms with Gasteiger partial charge in [0.05, 0.1) is 10.8 Å². The van der Waals surface area contributed by atoms with E-state index in [0.717, 1.165) is 39.3 Å². The molecule has 6 heteroatoms. The summed E-state index contributed by atoms with van der Waals surface area (Å²) in [6.45, 7) is 19.4. The van der Waals surface area contributed by atoms with Crippen molar-refractivity contribution in [3.8, 4) is 0 Å². The molecule has 0 aromatic heterocycles. The summed E-state index contributed by atoms with van der Waals surface area (Å²) in [5.41, 5.74) is 3.06. The van der Waals surface area contributed by atoms with Crippen molar-refractivity contribution in [1.82, 2.24) is 10.6 Å². The number of allylic oxidation sites excluding steroid dienone is 1. The van der Waals surface area contributed by atoms with Crippen LogP contribution in [0.4, 0.5) is 0 Å². The molecule has 2 aliphatic carbocycles. The molecular weight excluding hydrogens is 605 g/mol. The number of carbonyl (C=O) groups is 1. The van der Waals surface area contributed by atoms with E-state index in [0.29, 0.717) is 24.6 Å². The van der Waals surface area contributed by atoms with Crippen LogP contribution in [0.15, 0.2) is 71.8 Å². The van der Waals surface area contributed by atoms with E-state index in [1.807, 2.05) is 70.2 Å².